The topological polar surface area (TPSA) is 60.7 Å². The van der Waals surface area contributed by atoms with Crippen molar-refractivity contribution in [2.24, 2.45) is 11.8 Å². The summed E-state index contributed by atoms with van der Waals surface area (Å²) in [5.74, 6) is 0.537. The van der Waals surface area contributed by atoms with Crippen LogP contribution in [0.15, 0.2) is 30.3 Å². The molecule has 1 atom stereocenters. The van der Waals surface area contributed by atoms with Crippen LogP contribution in [0, 0.1) is 11.8 Å². The molecule has 0 aliphatic heterocycles. The molecule has 0 spiro atoms. The van der Waals surface area contributed by atoms with Crippen LogP contribution in [0.1, 0.15) is 32.8 Å². The van der Waals surface area contributed by atoms with Crippen molar-refractivity contribution in [1.29, 1.82) is 0 Å². The SMILES string of the molecule is BrCc1ccccc1.CC(CO)CO.CCC(C)CO. The van der Waals surface area contributed by atoms with Gasteiger partial charge >= 0.3 is 0 Å². The second kappa shape index (κ2) is 16.6. The molecule has 0 saturated heterocycles. The summed E-state index contributed by atoms with van der Waals surface area (Å²) in [6.45, 7) is 6.37. The van der Waals surface area contributed by atoms with E-state index in [1.807, 2.05) is 25.1 Å². The molecule has 0 fully saturated rings. The lowest BCUT2D eigenvalue weighted by Crippen LogP contribution is -2.04. The Bertz CT molecular complexity index is 262. The van der Waals surface area contributed by atoms with Gasteiger partial charge < -0.3 is 15.3 Å². The average Bonchev–Trinajstić information content (AvgIpc) is 2.55. The zero-order valence-corrected chi connectivity index (χ0v) is 14.4. The van der Waals surface area contributed by atoms with Gasteiger partial charge in [-0.05, 0) is 11.5 Å². The van der Waals surface area contributed by atoms with Crippen molar-refractivity contribution in [2.75, 3.05) is 19.8 Å². The van der Waals surface area contributed by atoms with E-state index in [0.29, 0.717) is 12.5 Å². The molecule has 1 aromatic rings. The maximum Gasteiger partial charge on any atom is 0.0478 e. The maximum atomic E-state index is 8.33. The molecule has 0 bridgehead atoms. The van der Waals surface area contributed by atoms with E-state index in [-0.39, 0.29) is 19.1 Å². The van der Waals surface area contributed by atoms with Gasteiger partial charge in [-0.15, -0.1) is 0 Å². The molecule has 1 rings (SSSR count). The maximum absolute atomic E-state index is 8.33. The second-order valence-electron chi connectivity index (χ2n) is 4.79. The van der Waals surface area contributed by atoms with Crippen LogP contribution in [-0.2, 0) is 5.33 Å². The highest BCUT2D eigenvalue weighted by atomic mass is 79.9. The van der Waals surface area contributed by atoms with Crippen LogP contribution in [0.25, 0.3) is 0 Å². The highest BCUT2D eigenvalue weighted by molar-refractivity contribution is 9.08. The quantitative estimate of drug-likeness (QED) is 0.716. The molecule has 0 aromatic heterocycles. The highest BCUT2D eigenvalue weighted by Gasteiger charge is 1.91. The molecule has 0 aliphatic rings. The molecule has 0 saturated carbocycles. The first-order valence-electron chi connectivity index (χ1n) is 6.97. The molecule has 1 aromatic carbocycles. The van der Waals surface area contributed by atoms with Crippen molar-refractivity contribution in [3.05, 3.63) is 35.9 Å². The fraction of sp³-hybridized carbons (Fsp3) is 0.625. The van der Waals surface area contributed by atoms with E-state index >= 15 is 0 Å². The van der Waals surface area contributed by atoms with Crippen LogP contribution in [0.3, 0.4) is 0 Å². The minimum absolute atomic E-state index is 0.0463. The lowest BCUT2D eigenvalue weighted by atomic mass is 10.1. The Morgan fingerprint density at radius 2 is 1.35 bits per heavy atom. The van der Waals surface area contributed by atoms with Crippen LogP contribution in [0.5, 0.6) is 0 Å². The lowest BCUT2D eigenvalue weighted by Gasteiger charge is -1.98. The molecule has 118 valence electrons. The van der Waals surface area contributed by atoms with Crippen LogP contribution in [0.4, 0.5) is 0 Å². The van der Waals surface area contributed by atoms with E-state index in [2.05, 4.69) is 35.0 Å². The fourth-order valence-electron chi connectivity index (χ4n) is 0.754. The molecule has 0 amide bonds. The second-order valence-corrected chi connectivity index (χ2v) is 5.35. The van der Waals surface area contributed by atoms with E-state index in [1.54, 1.807) is 6.92 Å². The van der Waals surface area contributed by atoms with Gasteiger partial charge in [0.15, 0.2) is 0 Å². The zero-order valence-electron chi connectivity index (χ0n) is 12.8. The van der Waals surface area contributed by atoms with E-state index in [4.69, 9.17) is 15.3 Å². The molecule has 1 unspecified atom stereocenters. The summed E-state index contributed by atoms with van der Waals surface area (Å²) in [5.41, 5.74) is 1.33. The van der Waals surface area contributed by atoms with Crippen LogP contribution in [-0.4, -0.2) is 35.1 Å². The third-order valence-corrected chi connectivity index (χ3v) is 3.28. The first kappa shape index (κ1) is 21.9. The van der Waals surface area contributed by atoms with Gasteiger partial charge in [-0.2, -0.15) is 0 Å². The van der Waals surface area contributed by atoms with Gasteiger partial charge in [0.1, 0.15) is 0 Å². The highest BCUT2D eigenvalue weighted by Crippen LogP contribution is 2.02. The minimum Gasteiger partial charge on any atom is -0.396 e. The molecular weight excluding hydrogens is 320 g/mol. The number of hydrogen-bond acceptors (Lipinski definition) is 3. The van der Waals surface area contributed by atoms with Gasteiger partial charge in [-0.3, -0.25) is 0 Å². The Morgan fingerprint density at radius 1 is 0.900 bits per heavy atom. The van der Waals surface area contributed by atoms with Crippen LogP contribution >= 0.6 is 15.9 Å². The van der Waals surface area contributed by atoms with Crippen molar-refractivity contribution < 1.29 is 15.3 Å². The van der Waals surface area contributed by atoms with Crippen molar-refractivity contribution in [1.82, 2.24) is 0 Å². The summed E-state index contributed by atoms with van der Waals surface area (Å²) in [6, 6.07) is 10.3. The summed E-state index contributed by atoms with van der Waals surface area (Å²) >= 11 is 3.36. The molecule has 0 radical (unpaired) electrons. The Kier molecular flexibility index (Phi) is 18.2. The molecule has 0 aliphatic carbocycles. The van der Waals surface area contributed by atoms with E-state index in [9.17, 15) is 0 Å². The third kappa shape index (κ3) is 15.6. The molecule has 3 N–H and O–H groups in total. The number of alkyl halides is 1. The lowest BCUT2D eigenvalue weighted by molar-refractivity contribution is 0.162. The summed E-state index contributed by atoms with van der Waals surface area (Å²) < 4.78 is 0. The summed E-state index contributed by atoms with van der Waals surface area (Å²) in [4.78, 5) is 0. The van der Waals surface area contributed by atoms with Gasteiger partial charge in [0, 0.05) is 31.1 Å². The van der Waals surface area contributed by atoms with Gasteiger partial charge in [-0.25, -0.2) is 0 Å². The van der Waals surface area contributed by atoms with E-state index in [1.165, 1.54) is 5.56 Å². The third-order valence-electron chi connectivity index (χ3n) is 2.63. The predicted molar refractivity (Wildman–Crippen MR) is 88.9 cm³/mol. The minimum atomic E-state index is 0.0463. The normalized spacial score (nSPS) is 11.0. The molecule has 20 heavy (non-hydrogen) atoms. The van der Waals surface area contributed by atoms with Crippen molar-refractivity contribution in [2.45, 2.75) is 32.5 Å². The van der Waals surface area contributed by atoms with Gasteiger partial charge in [0.05, 0.1) is 0 Å². The predicted octanol–water partition coefficient (Wildman–Crippen LogP) is 3.21. The van der Waals surface area contributed by atoms with Gasteiger partial charge in [-0.1, -0.05) is 73.5 Å². The van der Waals surface area contributed by atoms with Crippen molar-refractivity contribution in [3.63, 3.8) is 0 Å². The molecule has 4 heteroatoms. The smallest absolute Gasteiger partial charge is 0.0478 e. The van der Waals surface area contributed by atoms with Crippen LogP contribution in [0.2, 0.25) is 0 Å². The number of rotatable bonds is 5. The number of hydrogen-bond donors (Lipinski definition) is 3. The molecular formula is C16H29BrO3. The Labute approximate surface area is 131 Å². The van der Waals surface area contributed by atoms with Crippen LogP contribution < -0.4 is 0 Å². The first-order valence-corrected chi connectivity index (χ1v) is 8.10. The average molecular weight is 349 g/mol. The molecule has 0 heterocycles. The monoisotopic (exact) mass is 348 g/mol. The standard InChI is InChI=1S/C7H7Br.C5H12O.C4H10O2/c8-6-7-4-2-1-3-5-7;1-3-5(2)4-6;1-4(2-5)3-6/h1-5H,6H2;5-6H,3-4H2,1-2H3;4-6H,2-3H2,1H3. The van der Waals surface area contributed by atoms with Gasteiger partial charge in [0.25, 0.3) is 0 Å². The number of aliphatic hydroxyl groups is 3. The summed E-state index contributed by atoms with van der Waals surface area (Å²) in [6.07, 6.45) is 1.08. The van der Waals surface area contributed by atoms with E-state index in [0.717, 1.165) is 11.8 Å². The van der Waals surface area contributed by atoms with Crippen molar-refractivity contribution in [3.8, 4) is 0 Å². The zero-order chi connectivity index (χ0) is 15.8. The number of benzene rings is 1. The molecule has 3 nitrogen and oxygen atoms in total. The number of aliphatic hydroxyl groups excluding tert-OH is 3. The largest absolute Gasteiger partial charge is 0.396 e. The van der Waals surface area contributed by atoms with Crippen molar-refractivity contribution >= 4 is 15.9 Å². The van der Waals surface area contributed by atoms with Gasteiger partial charge in [0.2, 0.25) is 0 Å². The fourth-order valence-corrected chi connectivity index (χ4v) is 1.13. The Balaban J connectivity index is 0. The number of halogens is 1. The van der Waals surface area contributed by atoms with E-state index < -0.39 is 0 Å². The first-order chi connectivity index (χ1) is 9.55. The summed E-state index contributed by atoms with van der Waals surface area (Å²) in [5, 5.41) is 25.6. The summed E-state index contributed by atoms with van der Waals surface area (Å²) in [7, 11) is 0. The Morgan fingerprint density at radius 3 is 1.50 bits per heavy atom. The Hall–Kier alpha value is -0.420.